The second kappa shape index (κ2) is 11.6. The molecule has 0 aliphatic carbocycles. The van der Waals surface area contributed by atoms with Crippen molar-refractivity contribution in [1.82, 2.24) is 14.5 Å². The fourth-order valence-corrected chi connectivity index (χ4v) is 5.39. The predicted molar refractivity (Wildman–Crippen MR) is 125 cm³/mol. The van der Waals surface area contributed by atoms with Gasteiger partial charge in [-0.05, 0) is 49.3 Å². The zero-order valence-electron chi connectivity index (χ0n) is 18.9. The molecule has 1 atom stereocenters. The van der Waals surface area contributed by atoms with Crippen LogP contribution in [-0.4, -0.2) is 75.5 Å². The fraction of sp³-hybridized carbons (Fsp3) is 0.458. The molecule has 1 aliphatic rings. The first-order valence-electron chi connectivity index (χ1n) is 11.2. The molecule has 2 aromatic rings. The van der Waals surface area contributed by atoms with Crippen molar-refractivity contribution in [1.29, 1.82) is 0 Å². The summed E-state index contributed by atoms with van der Waals surface area (Å²) in [5.74, 6) is -0.203. The topological polar surface area (TPSA) is 79.0 Å². The number of carbonyl (C=O) groups excluding carboxylic acids is 1. The third-order valence-electron chi connectivity index (χ3n) is 5.87. The monoisotopic (exact) mass is 459 g/mol. The van der Waals surface area contributed by atoms with Crippen LogP contribution in [0.1, 0.15) is 29.8 Å². The van der Waals surface area contributed by atoms with Crippen molar-refractivity contribution < 1.29 is 17.9 Å². The van der Waals surface area contributed by atoms with Crippen LogP contribution in [0.15, 0.2) is 59.5 Å². The summed E-state index contributed by atoms with van der Waals surface area (Å²) in [6.07, 6.45) is 0.847. The van der Waals surface area contributed by atoms with Gasteiger partial charge in [-0.2, -0.15) is 4.31 Å². The van der Waals surface area contributed by atoms with E-state index < -0.39 is 10.0 Å². The van der Waals surface area contributed by atoms with E-state index >= 15 is 0 Å². The minimum absolute atomic E-state index is 0.178. The Morgan fingerprint density at radius 3 is 2.25 bits per heavy atom. The molecule has 1 N–H and O–H groups in total. The molecule has 174 valence electrons. The smallest absolute Gasteiger partial charge is 0.251 e. The molecule has 0 radical (unpaired) electrons. The number of benzene rings is 2. The first kappa shape index (κ1) is 24.4. The van der Waals surface area contributed by atoms with Crippen molar-refractivity contribution in [2.75, 3.05) is 45.9 Å². The van der Waals surface area contributed by atoms with Gasteiger partial charge in [-0.25, -0.2) is 8.42 Å². The summed E-state index contributed by atoms with van der Waals surface area (Å²) in [6, 6.07) is 16.6. The number of hydrogen-bond donors (Lipinski definition) is 1. The molecule has 0 saturated carbocycles. The Labute approximate surface area is 191 Å². The third-order valence-corrected chi connectivity index (χ3v) is 7.78. The Morgan fingerprint density at radius 1 is 1.03 bits per heavy atom. The molecule has 7 nitrogen and oxygen atoms in total. The van der Waals surface area contributed by atoms with Crippen molar-refractivity contribution in [2.24, 2.45) is 0 Å². The normalized spacial score (nSPS) is 16.1. The van der Waals surface area contributed by atoms with E-state index in [2.05, 4.69) is 36.2 Å². The molecule has 0 unspecified atom stereocenters. The Hall–Kier alpha value is -2.26. The highest BCUT2D eigenvalue weighted by Gasteiger charge is 2.26. The Bertz CT molecular complexity index is 954. The molecule has 1 aliphatic heterocycles. The highest BCUT2D eigenvalue weighted by molar-refractivity contribution is 7.89. The molecule has 1 amide bonds. The summed E-state index contributed by atoms with van der Waals surface area (Å²) in [4.78, 5) is 15.3. The highest BCUT2D eigenvalue weighted by Crippen LogP contribution is 2.18. The molecule has 2 aromatic carbocycles. The zero-order chi connectivity index (χ0) is 23.0. The van der Waals surface area contributed by atoms with Gasteiger partial charge in [0.1, 0.15) is 0 Å². The number of ether oxygens (including phenoxy) is 1. The molecule has 0 bridgehead atoms. The summed E-state index contributed by atoms with van der Waals surface area (Å²) in [5, 5.41) is 3.03. The van der Waals surface area contributed by atoms with Crippen molar-refractivity contribution >= 4 is 15.9 Å². The van der Waals surface area contributed by atoms with Crippen LogP contribution in [0.5, 0.6) is 0 Å². The number of likely N-dealkylation sites (N-methyl/N-ethyl adjacent to an activating group) is 1. The zero-order valence-corrected chi connectivity index (χ0v) is 19.7. The van der Waals surface area contributed by atoms with E-state index in [-0.39, 0.29) is 16.8 Å². The molecule has 32 heavy (non-hydrogen) atoms. The van der Waals surface area contributed by atoms with Crippen LogP contribution >= 0.6 is 0 Å². The van der Waals surface area contributed by atoms with E-state index in [9.17, 15) is 13.2 Å². The summed E-state index contributed by atoms with van der Waals surface area (Å²) >= 11 is 0. The van der Waals surface area contributed by atoms with Gasteiger partial charge >= 0.3 is 0 Å². The van der Waals surface area contributed by atoms with Crippen molar-refractivity contribution in [2.45, 2.75) is 31.2 Å². The Balaban J connectivity index is 1.64. The fourth-order valence-electron chi connectivity index (χ4n) is 3.98. The second-order valence-corrected chi connectivity index (χ2v) is 9.75. The van der Waals surface area contributed by atoms with Gasteiger partial charge in [0.2, 0.25) is 10.0 Å². The van der Waals surface area contributed by atoms with E-state index in [0.717, 1.165) is 19.5 Å². The Morgan fingerprint density at radius 2 is 1.66 bits per heavy atom. The molecule has 3 rings (SSSR count). The van der Waals surface area contributed by atoms with Gasteiger partial charge < -0.3 is 10.1 Å². The lowest BCUT2D eigenvalue weighted by atomic mass is 10.0. The first-order chi connectivity index (χ1) is 15.5. The number of hydrogen-bond acceptors (Lipinski definition) is 5. The average molecular weight is 460 g/mol. The third kappa shape index (κ3) is 6.16. The van der Waals surface area contributed by atoms with Crippen molar-refractivity contribution in [3.8, 4) is 0 Å². The summed E-state index contributed by atoms with van der Waals surface area (Å²) < 4.78 is 32.2. The van der Waals surface area contributed by atoms with Crippen LogP contribution < -0.4 is 5.32 Å². The standard InChI is InChI=1S/C24H33N3O4S/c1-3-26(4-2)22(18-20-8-6-5-7-9-20)19-25-24(28)21-10-12-23(13-11-21)32(29,30)27-14-16-31-17-15-27/h5-13,22H,3-4,14-19H2,1-2H3,(H,25,28)/t22-/m1/s1. The summed E-state index contributed by atoms with van der Waals surface area (Å²) in [7, 11) is -3.57. The molecule has 8 heteroatoms. The van der Waals surface area contributed by atoms with E-state index in [4.69, 9.17) is 4.74 Å². The maximum atomic E-state index is 12.8. The average Bonchev–Trinajstić information content (AvgIpc) is 2.84. The van der Waals surface area contributed by atoms with Gasteiger partial charge in [0, 0.05) is 31.2 Å². The predicted octanol–water partition coefficient (Wildman–Crippen LogP) is 2.39. The van der Waals surface area contributed by atoms with Crippen LogP contribution in [0.2, 0.25) is 0 Å². The van der Waals surface area contributed by atoms with E-state index in [1.165, 1.54) is 22.0 Å². The molecule has 1 saturated heterocycles. The highest BCUT2D eigenvalue weighted by atomic mass is 32.2. The lowest BCUT2D eigenvalue weighted by Gasteiger charge is -2.30. The lowest BCUT2D eigenvalue weighted by Crippen LogP contribution is -2.45. The van der Waals surface area contributed by atoms with Gasteiger partial charge in [0.25, 0.3) is 5.91 Å². The second-order valence-electron chi connectivity index (χ2n) is 7.82. The first-order valence-corrected chi connectivity index (χ1v) is 12.6. The van der Waals surface area contributed by atoms with E-state index in [0.29, 0.717) is 38.4 Å². The molecule has 1 fully saturated rings. The number of sulfonamides is 1. The summed E-state index contributed by atoms with van der Waals surface area (Å²) in [6.45, 7) is 8.05. The molecule has 1 heterocycles. The minimum Gasteiger partial charge on any atom is -0.379 e. The molecular formula is C24H33N3O4S. The van der Waals surface area contributed by atoms with E-state index in [1.807, 2.05) is 18.2 Å². The number of nitrogens with one attached hydrogen (secondary N) is 1. The van der Waals surface area contributed by atoms with Gasteiger partial charge in [0.15, 0.2) is 0 Å². The number of carbonyl (C=O) groups is 1. The molecule has 0 aromatic heterocycles. The molecular weight excluding hydrogens is 426 g/mol. The quantitative estimate of drug-likeness (QED) is 0.590. The number of rotatable bonds is 10. The number of morpholine rings is 1. The minimum atomic E-state index is -3.57. The number of nitrogens with zero attached hydrogens (tertiary/aromatic N) is 2. The summed E-state index contributed by atoms with van der Waals surface area (Å²) in [5.41, 5.74) is 1.68. The van der Waals surface area contributed by atoms with Crippen molar-refractivity contribution in [3.05, 3.63) is 65.7 Å². The van der Waals surface area contributed by atoms with Crippen LogP contribution in [0, 0.1) is 0 Å². The van der Waals surface area contributed by atoms with Crippen LogP contribution in [0.4, 0.5) is 0 Å². The maximum Gasteiger partial charge on any atom is 0.251 e. The van der Waals surface area contributed by atoms with Crippen molar-refractivity contribution in [3.63, 3.8) is 0 Å². The molecule has 0 spiro atoms. The lowest BCUT2D eigenvalue weighted by molar-refractivity contribution is 0.0730. The van der Waals surface area contributed by atoms with Gasteiger partial charge in [-0.3, -0.25) is 9.69 Å². The SMILES string of the molecule is CCN(CC)[C@@H](CNC(=O)c1ccc(S(=O)(=O)N2CCOCC2)cc1)Cc1ccccc1. The van der Waals surface area contributed by atoms with Crippen LogP contribution in [0.3, 0.4) is 0 Å². The largest absolute Gasteiger partial charge is 0.379 e. The van der Waals surface area contributed by atoms with E-state index in [1.54, 1.807) is 12.1 Å². The maximum absolute atomic E-state index is 12.8. The van der Waals surface area contributed by atoms with Gasteiger partial charge in [0.05, 0.1) is 18.1 Å². The van der Waals surface area contributed by atoms with Gasteiger partial charge in [-0.1, -0.05) is 44.2 Å². The van der Waals surface area contributed by atoms with Crippen LogP contribution in [0.25, 0.3) is 0 Å². The number of amides is 1. The van der Waals surface area contributed by atoms with Crippen LogP contribution in [-0.2, 0) is 21.2 Å². The van der Waals surface area contributed by atoms with Gasteiger partial charge in [-0.15, -0.1) is 0 Å². The Kier molecular flexibility index (Phi) is 8.81.